The van der Waals surface area contributed by atoms with Crippen LogP contribution in [0.4, 0.5) is 5.13 Å². The molecule has 2 amide bonds. The van der Waals surface area contributed by atoms with Gasteiger partial charge in [0.05, 0.1) is 11.4 Å². The van der Waals surface area contributed by atoms with E-state index in [-0.39, 0.29) is 0 Å². The third-order valence-electron chi connectivity index (χ3n) is 4.12. The van der Waals surface area contributed by atoms with Crippen molar-refractivity contribution in [1.82, 2.24) is 15.4 Å². The highest BCUT2D eigenvalue weighted by Crippen LogP contribution is 2.30. The number of anilines is 1. The molecule has 1 aliphatic carbocycles. The molecule has 1 unspecified atom stereocenters. The number of nitrogens with zero attached hydrogens (tertiary/aromatic N) is 3. The second kappa shape index (κ2) is 6.12. The van der Waals surface area contributed by atoms with Crippen molar-refractivity contribution in [1.29, 1.82) is 0 Å². The maximum atomic E-state index is 12.6. The molecule has 0 saturated heterocycles. The van der Waals surface area contributed by atoms with Gasteiger partial charge in [-0.1, -0.05) is 0 Å². The van der Waals surface area contributed by atoms with E-state index in [0.29, 0.717) is 16.4 Å². The number of pyridine rings is 1. The van der Waals surface area contributed by atoms with Gasteiger partial charge in [0, 0.05) is 22.8 Å². The number of hydrazone groups is 1. The van der Waals surface area contributed by atoms with E-state index in [1.807, 2.05) is 0 Å². The second-order valence-corrected chi connectivity index (χ2v) is 6.82. The van der Waals surface area contributed by atoms with E-state index < -0.39 is 17.7 Å². The number of carbonyl (C=O) groups is 2. The van der Waals surface area contributed by atoms with Crippen LogP contribution in [0, 0.1) is 5.92 Å². The lowest BCUT2D eigenvalue weighted by atomic mass is 9.97. The van der Waals surface area contributed by atoms with Crippen molar-refractivity contribution in [2.24, 2.45) is 11.0 Å². The summed E-state index contributed by atoms with van der Waals surface area (Å²) in [5, 5.41) is 7.33. The smallest absolute Gasteiger partial charge is 0.258 e. The van der Waals surface area contributed by atoms with E-state index in [1.54, 1.807) is 24.5 Å². The first-order valence-electron chi connectivity index (χ1n) is 7.79. The molecule has 0 radical (unpaired) electrons. The average Bonchev–Trinajstić information content (AvgIpc) is 3.18. The minimum absolute atomic E-state index is 0.381. The van der Waals surface area contributed by atoms with Gasteiger partial charge in [0.25, 0.3) is 5.91 Å². The quantitative estimate of drug-likeness (QED) is 0.827. The molecule has 0 aromatic carbocycles. The molecule has 2 aromatic rings. The molecule has 7 nitrogen and oxygen atoms in total. The van der Waals surface area contributed by atoms with Crippen LogP contribution >= 0.6 is 11.3 Å². The first-order chi connectivity index (χ1) is 11.7. The highest BCUT2D eigenvalue weighted by molar-refractivity contribution is 7.15. The van der Waals surface area contributed by atoms with Crippen LogP contribution in [-0.4, -0.2) is 27.5 Å². The predicted molar refractivity (Wildman–Crippen MR) is 89.8 cm³/mol. The molecular weight excluding hydrogens is 326 g/mol. The fourth-order valence-corrected chi connectivity index (χ4v) is 3.99. The Hall–Kier alpha value is -2.61. The van der Waals surface area contributed by atoms with Gasteiger partial charge in [-0.05, 0) is 37.8 Å². The second-order valence-electron chi connectivity index (χ2n) is 5.73. The molecule has 2 N–H and O–H groups in total. The lowest BCUT2D eigenvalue weighted by Gasteiger charge is -2.09. The minimum atomic E-state index is -0.991. The van der Waals surface area contributed by atoms with Crippen molar-refractivity contribution in [2.75, 3.05) is 5.32 Å². The number of hydrogen-bond donors (Lipinski definition) is 2. The van der Waals surface area contributed by atoms with Crippen molar-refractivity contribution in [3.05, 3.63) is 40.7 Å². The van der Waals surface area contributed by atoms with Gasteiger partial charge >= 0.3 is 0 Å². The van der Waals surface area contributed by atoms with Crippen molar-refractivity contribution < 1.29 is 9.59 Å². The van der Waals surface area contributed by atoms with Gasteiger partial charge < -0.3 is 5.32 Å². The van der Waals surface area contributed by atoms with Gasteiger partial charge in [-0.15, -0.1) is 11.3 Å². The summed E-state index contributed by atoms with van der Waals surface area (Å²) < 4.78 is 0. The van der Waals surface area contributed by atoms with Gasteiger partial charge in [-0.2, -0.15) is 5.10 Å². The van der Waals surface area contributed by atoms with Gasteiger partial charge in [0.15, 0.2) is 11.0 Å². The summed E-state index contributed by atoms with van der Waals surface area (Å²) in [6.07, 6.45) is 7.46. The highest BCUT2D eigenvalue weighted by Gasteiger charge is 2.38. The minimum Gasteiger partial charge on any atom is -0.301 e. The van der Waals surface area contributed by atoms with Crippen LogP contribution in [0.1, 0.15) is 29.0 Å². The van der Waals surface area contributed by atoms with Crippen LogP contribution < -0.4 is 10.7 Å². The number of nitrogens with one attached hydrogen (secondary N) is 2. The Morgan fingerprint density at radius 3 is 3.00 bits per heavy atom. The van der Waals surface area contributed by atoms with E-state index in [2.05, 4.69) is 25.8 Å². The Morgan fingerprint density at radius 1 is 1.33 bits per heavy atom. The molecule has 0 fully saturated rings. The molecule has 1 aliphatic heterocycles. The monoisotopic (exact) mass is 341 g/mol. The molecule has 0 saturated carbocycles. The molecular formula is C16H15N5O2S. The van der Waals surface area contributed by atoms with Crippen LogP contribution in [0.2, 0.25) is 0 Å². The van der Waals surface area contributed by atoms with Crippen LogP contribution in [0.25, 0.3) is 0 Å². The van der Waals surface area contributed by atoms with Crippen molar-refractivity contribution in [3.63, 3.8) is 0 Å². The third kappa shape index (κ3) is 2.69. The molecule has 0 spiro atoms. The fourth-order valence-electron chi connectivity index (χ4n) is 2.94. The molecule has 24 heavy (non-hydrogen) atoms. The SMILES string of the molecule is O=C1NN=C(c2cccnc2)C1C(=O)Nc1nc2c(s1)CCCC2. The summed E-state index contributed by atoms with van der Waals surface area (Å²) in [5.74, 6) is -1.85. The molecule has 8 heteroatoms. The van der Waals surface area contributed by atoms with Crippen LogP contribution in [0.3, 0.4) is 0 Å². The van der Waals surface area contributed by atoms with E-state index in [1.165, 1.54) is 16.2 Å². The number of fused-ring (bicyclic) bond motifs is 1. The Morgan fingerprint density at radius 2 is 2.21 bits per heavy atom. The number of aryl methyl sites for hydroxylation is 2. The zero-order valence-electron chi connectivity index (χ0n) is 12.8. The number of carbonyl (C=O) groups excluding carboxylic acids is 2. The number of thiazole rings is 1. The van der Waals surface area contributed by atoms with E-state index in [4.69, 9.17) is 0 Å². The van der Waals surface area contributed by atoms with Gasteiger partial charge in [0.2, 0.25) is 5.91 Å². The Kier molecular flexibility index (Phi) is 3.81. The lowest BCUT2D eigenvalue weighted by molar-refractivity contribution is -0.128. The van der Waals surface area contributed by atoms with E-state index >= 15 is 0 Å². The van der Waals surface area contributed by atoms with E-state index in [0.717, 1.165) is 31.4 Å². The van der Waals surface area contributed by atoms with Crippen molar-refractivity contribution in [2.45, 2.75) is 25.7 Å². The third-order valence-corrected chi connectivity index (χ3v) is 5.19. The van der Waals surface area contributed by atoms with Gasteiger partial charge in [-0.25, -0.2) is 10.4 Å². The zero-order chi connectivity index (χ0) is 16.5. The zero-order valence-corrected chi connectivity index (χ0v) is 13.6. The lowest BCUT2D eigenvalue weighted by Crippen LogP contribution is -2.35. The Balaban J connectivity index is 1.55. The van der Waals surface area contributed by atoms with Crippen molar-refractivity contribution >= 4 is 34.0 Å². The van der Waals surface area contributed by atoms with Gasteiger partial charge in [-0.3, -0.25) is 14.6 Å². The summed E-state index contributed by atoms with van der Waals surface area (Å²) >= 11 is 1.49. The Labute approximate surface area is 142 Å². The maximum Gasteiger partial charge on any atom is 0.258 e. The van der Waals surface area contributed by atoms with Crippen LogP contribution in [0.15, 0.2) is 29.6 Å². The number of aromatic nitrogens is 2. The average molecular weight is 341 g/mol. The standard InChI is InChI=1S/C16H15N5O2S/c22-14(19-16-18-10-5-1-2-6-11(10)24-16)12-13(20-21-15(12)23)9-4-3-7-17-8-9/h3-4,7-8,12H,1-2,5-6H2,(H,21,23)(H,18,19,22). The first-order valence-corrected chi connectivity index (χ1v) is 8.61. The summed E-state index contributed by atoms with van der Waals surface area (Å²) in [4.78, 5) is 34.4. The highest BCUT2D eigenvalue weighted by atomic mass is 32.1. The first kappa shape index (κ1) is 14.9. The topological polar surface area (TPSA) is 96.3 Å². The molecule has 0 bridgehead atoms. The van der Waals surface area contributed by atoms with Crippen LogP contribution in [-0.2, 0) is 22.4 Å². The molecule has 2 aromatic heterocycles. The predicted octanol–water partition coefficient (Wildman–Crippen LogP) is 1.51. The Bertz CT molecular complexity index is 807. The summed E-state index contributed by atoms with van der Waals surface area (Å²) in [5.41, 5.74) is 4.47. The van der Waals surface area contributed by atoms with E-state index in [9.17, 15) is 9.59 Å². The number of hydrogen-bond acceptors (Lipinski definition) is 6. The maximum absolute atomic E-state index is 12.6. The fraction of sp³-hybridized carbons (Fsp3) is 0.312. The normalized spacial score (nSPS) is 19.4. The molecule has 122 valence electrons. The molecule has 1 atom stereocenters. The van der Waals surface area contributed by atoms with Crippen LogP contribution in [0.5, 0.6) is 0 Å². The van der Waals surface area contributed by atoms with Crippen molar-refractivity contribution in [3.8, 4) is 0 Å². The molecule has 2 aliphatic rings. The molecule has 3 heterocycles. The molecule has 4 rings (SSSR count). The number of rotatable bonds is 3. The summed E-state index contributed by atoms with van der Waals surface area (Å²) in [6.45, 7) is 0. The summed E-state index contributed by atoms with van der Waals surface area (Å²) in [6, 6.07) is 3.51. The largest absolute Gasteiger partial charge is 0.301 e. The summed E-state index contributed by atoms with van der Waals surface area (Å²) in [7, 11) is 0. The number of amides is 2. The van der Waals surface area contributed by atoms with Gasteiger partial charge in [0.1, 0.15) is 0 Å².